The van der Waals surface area contributed by atoms with E-state index in [1.807, 2.05) is 54.6 Å². The number of hydrogen-bond donors (Lipinski definition) is 5. The molecule has 0 radical (unpaired) electrons. The van der Waals surface area contributed by atoms with Gasteiger partial charge >= 0.3 is 5.97 Å². The monoisotopic (exact) mass is 650 g/mol. The maximum absolute atomic E-state index is 12.8. The number of carbonyl (C=O) groups is 3. The van der Waals surface area contributed by atoms with E-state index < -0.39 is 30.0 Å². The van der Waals surface area contributed by atoms with Gasteiger partial charge in [-0.25, -0.2) is 4.79 Å². The first kappa shape index (κ1) is 32.0. The molecular weight excluding hydrogens is 613 g/mol. The normalized spacial score (nSPS) is 15.9. The van der Waals surface area contributed by atoms with Gasteiger partial charge in [-0.1, -0.05) is 48.0 Å². The molecule has 1 heterocycles. The van der Waals surface area contributed by atoms with Gasteiger partial charge in [-0.2, -0.15) is 0 Å². The SMILES string of the molecule is NC(N)=NCCC[C@H](NC(=O)[C@@H]1CCCN1C(=O)[C@H](N)Cc1ccccc1)C(=O)O.[NH-]Cc1cccc(I)c1. The van der Waals surface area contributed by atoms with E-state index in [4.69, 9.17) is 22.9 Å². The van der Waals surface area contributed by atoms with Crippen LogP contribution in [-0.4, -0.2) is 65.0 Å². The largest absolute Gasteiger partial charge is 0.674 e. The Balaban J connectivity index is 0.000000499. The van der Waals surface area contributed by atoms with Crippen molar-refractivity contribution in [3.8, 4) is 0 Å². The highest BCUT2D eigenvalue weighted by molar-refractivity contribution is 14.1. The summed E-state index contributed by atoms with van der Waals surface area (Å²) in [6.45, 7) is 1.07. The Morgan fingerprint density at radius 3 is 2.41 bits per heavy atom. The highest BCUT2D eigenvalue weighted by atomic mass is 127. The van der Waals surface area contributed by atoms with Gasteiger partial charge in [0.25, 0.3) is 0 Å². The minimum atomic E-state index is -1.15. The van der Waals surface area contributed by atoms with Crippen molar-refractivity contribution in [2.45, 2.75) is 56.8 Å². The summed E-state index contributed by atoms with van der Waals surface area (Å²) in [6.07, 6.45) is 2.06. The third-order valence-electron chi connectivity index (χ3n) is 6.11. The highest BCUT2D eigenvalue weighted by Gasteiger charge is 2.37. The molecule has 0 unspecified atom stereocenters. The molecule has 0 saturated carbocycles. The minimum Gasteiger partial charge on any atom is -0.674 e. The summed E-state index contributed by atoms with van der Waals surface area (Å²) >= 11 is 2.25. The lowest BCUT2D eigenvalue weighted by atomic mass is 10.0. The Bertz CT molecular complexity index is 1110. The third-order valence-corrected chi connectivity index (χ3v) is 6.78. The number of rotatable bonds is 11. The molecule has 212 valence electrons. The van der Waals surface area contributed by atoms with Crippen LogP contribution in [0, 0.1) is 3.57 Å². The number of aliphatic carboxylic acids is 1. The molecule has 11 nitrogen and oxygen atoms in total. The van der Waals surface area contributed by atoms with Crippen molar-refractivity contribution in [3.05, 3.63) is 75.0 Å². The number of carboxylic acids is 1. The Morgan fingerprint density at radius 2 is 1.82 bits per heavy atom. The molecule has 12 heteroatoms. The summed E-state index contributed by atoms with van der Waals surface area (Å²) in [4.78, 5) is 42.3. The summed E-state index contributed by atoms with van der Waals surface area (Å²) < 4.78 is 1.21. The summed E-state index contributed by atoms with van der Waals surface area (Å²) in [5, 5.41) is 11.9. The molecule has 2 aromatic rings. The average Bonchev–Trinajstić information content (AvgIpc) is 3.40. The molecule has 39 heavy (non-hydrogen) atoms. The fourth-order valence-electron chi connectivity index (χ4n) is 4.15. The standard InChI is InChI=1S/C20H30N6O4.C7H7IN/c21-14(12-13-6-2-1-3-7-13)18(28)26-11-5-9-16(26)17(27)25-15(19(29)30)8-4-10-24-20(22)23;8-7-3-1-2-6(4-7)5-9/h1-3,6-7,14-16H,4-5,8-12,21H2,(H,25,27)(H,29,30)(H4,22,23,24);1-4,9H,5H2/q;-1/t14-,15+,16+;/m1./s1. The van der Waals surface area contributed by atoms with Gasteiger partial charge in [0, 0.05) is 16.7 Å². The first-order valence-corrected chi connectivity index (χ1v) is 13.8. The predicted molar refractivity (Wildman–Crippen MR) is 160 cm³/mol. The van der Waals surface area contributed by atoms with E-state index in [0.29, 0.717) is 38.8 Å². The van der Waals surface area contributed by atoms with Crippen LogP contribution in [0.4, 0.5) is 0 Å². The topological polar surface area (TPSA) is 201 Å². The Labute approximate surface area is 242 Å². The van der Waals surface area contributed by atoms with Crippen molar-refractivity contribution in [2.24, 2.45) is 22.2 Å². The number of nitrogens with one attached hydrogen (secondary N) is 2. The van der Waals surface area contributed by atoms with Crippen molar-refractivity contribution in [1.29, 1.82) is 0 Å². The van der Waals surface area contributed by atoms with E-state index in [0.717, 1.165) is 11.1 Å². The van der Waals surface area contributed by atoms with Gasteiger partial charge in [0.15, 0.2) is 5.96 Å². The molecule has 0 aliphatic carbocycles. The lowest BCUT2D eigenvalue weighted by molar-refractivity contribution is -0.144. The molecule has 2 amide bonds. The summed E-state index contributed by atoms with van der Waals surface area (Å²) in [6, 6.07) is 14.8. The van der Waals surface area contributed by atoms with Crippen LogP contribution in [0.5, 0.6) is 0 Å². The Kier molecular flexibility index (Phi) is 13.7. The van der Waals surface area contributed by atoms with E-state index in [2.05, 4.69) is 32.9 Å². The number of nitrogens with two attached hydrogens (primary N) is 3. The third kappa shape index (κ3) is 11.2. The molecule has 2 aromatic carbocycles. The second kappa shape index (κ2) is 16.7. The summed E-state index contributed by atoms with van der Waals surface area (Å²) in [7, 11) is 0. The smallest absolute Gasteiger partial charge is 0.326 e. The van der Waals surface area contributed by atoms with Gasteiger partial charge in [-0.3, -0.25) is 14.6 Å². The average molecular weight is 651 g/mol. The van der Waals surface area contributed by atoms with E-state index in [-0.39, 0.29) is 24.8 Å². The summed E-state index contributed by atoms with van der Waals surface area (Å²) in [5.74, 6) is -2.01. The molecule has 1 aliphatic heterocycles. The van der Waals surface area contributed by atoms with Crippen LogP contribution in [0.25, 0.3) is 5.73 Å². The Hall–Kier alpha value is -3.23. The molecule has 0 bridgehead atoms. The molecule has 1 aliphatic rings. The number of carbonyl (C=O) groups excluding carboxylic acids is 2. The molecule has 9 N–H and O–H groups in total. The van der Waals surface area contributed by atoms with Crippen molar-refractivity contribution >= 4 is 46.3 Å². The zero-order valence-corrected chi connectivity index (χ0v) is 23.9. The minimum absolute atomic E-state index is 0.0714. The number of likely N-dealkylation sites (tertiary alicyclic amines) is 1. The zero-order chi connectivity index (χ0) is 28.8. The van der Waals surface area contributed by atoms with Gasteiger partial charge in [0.05, 0.1) is 6.04 Å². The lowest BCUT2D eigenvalue weighted by Gasteiger charge is -2.27. The second-order valence-corrected chi connectivity index (χ2v) is 10.4. The van der Waals surface area contributed by atoms with Crippen molar-refractivity contribution in [3.63, 3.8) is 0 Å². The quantitative estimate of drug-likeness (QED) is 0.106. The fraction of sp³-hybridized carbons (Fsp3) is 0.407. The van der Waals surface area contributed by atoms with Gasteiger partial charge in [-0.05, 0) is 72.4 Å². The van der Waals surface area contributed by atoms with Crippen molar-refractivity contribution in [1.82, 2.24) is 10.2 Å². The van der Waals surface area contributed by atoms with Crippen molar-refractivity contribution in [2.75, 3.05) is 13.1 Å². The van der Waals surface area contributed by atoms with Crippen molar-refractivity contribution < 1.29 is 19.5 Å². The molecule has 1 saturated heterocycles. The number of halogens is 1. The number of hydrogen-bond acceptors (Lipinski definition) is 5. The molecule has 0 aromatic heterocycles. The van der Waals surface area contributed by atoms with Crippen LogP contribution in [0.2, 0.25) is 0 Å². The number of guanidine groups is 1. The second-order valence-electron chi connectivity index (χ2n) is 9.14. The number of amides is 2. The van der Waals surface area contributed by atoms with Crippen LogP contribution in [0.3, 0.4) is 0 Å². The van der Waals surface area contributed by atoms with E-state index in [1.54, 1.807) is 0 Å². The van der Waals surface area contributed by atoms with Gasteiger partial charge in [-0.15, -0.1) is 6.54 Å². The molecular formula is C27H37IN7O4-. The van der Waals surface area contributed by atoms with Crippen LogP contribution in [0.15, 0.2) is 59.6 Å². The van der Waals surface area contributed by atoms with E-state index >= 15 is 0 Å². The first-order valence-electron chi connectivity index (χ1n) is 12.7. The molecule has 3 atom stereocenters. The number of aliphatic imine (C=N–C) groups is 1. The zero-order valence-electron chi connectivity index (χ0n) is 21.8. The van der Waals surface area contributed by atoms with Gasteiger partial charge in [0.1, 0.15) is 12.1 Å². The lowest BCUT2D eigenvalue weighted by Crippen LogP contribution is -2.54. The Morgan fingerprint density at radius 1 is 1.13 bits per heavy atom. The molecule has 0 spiro atoms. The van der Waals surface area contributed by atoms with Crippen LogP contribution >= 0.6 is 22.6 Å². The number of nitrogens with zero attached hydrogens (tertiary/aromatic N) is 2. The van der Waals surface area contributed by atoms with E-state index in [1.165, 1.54) is 8.47 Å². The predicted octanol–water partition coefficient (Wildman–Crippen LogP) is 2.01. The molecule has 1 fully saturated rings. The van der Waals surface area contributed by atoms with Crippen LogP contribution in [0.1, 0.15) is 36.8 Å². The first-order chi connectivity index (χ1) is 18.6. The number of carboxylic acid groups (broad SMARTS) is 1. The van der Waals surface area contributed by atoms with Gasteiger partial charge < -0.3 is 38.3 Å². The van der Waals surface area contributed by atoms with Crippen LogP contribution < -0.4 is 22.5 Å². The fourth-order valence-corrected chi connectivity index (χ4v) is 4.75. The van der Waals surface area contributed by atoms with E-state index in [9.17, 15) is 19.5 Å². The van der Waals surface area contributed by atoms with Crippen LogP contribution in [-0.2, 0) is 27.3 Å². The molecule has 3 rings (SSSR count). The maximum Gasteiger partial charge on any atom is 0.326 e. The number of benzene rings is 2. The summed E-state index contributed by atoms with van der Waals surface area (Å²) in [5.41, 5.74) is 25.6. The highest BCUT2D eigenvalue weighted by Crippen LogP contribution is 2.20. The van der Waals surface area contributed by atoms with Gasteiger partial charge in [0.2, 0.25) is 11.8 Å². The maximum atomic E-state index is 12.8.